The number of rotatable bonds is 7. The average molecular weight is 351 g/mol. The van der Waals surface area contributed by atoms with Crippen molar-refractivity contribution < 1.29 is 0 Å². The highest BCUT2D eigenvalue weighted by Gasteiger charge is 2.01. The summed E-state index contributed by atoms with van der Waals surface area (Å²) in [5.41, 5.74) is 1.81. The predicted octanol–water partition coefficient (Wildman–Crippen LogP) is 7.85. The first-order chi connectivity index (χ1) is 11.1. The summed E-state index contributed by atoms with van der Waals surface area (Å²) in [6.45, 7) is 19.1. The molecule has 0 saturated carbocycles. The Kier molecular flexibility index (Phi) is 14.1. The Labute approximate surface area is 153 Å². The van der Waals surface area contributed by atoms with Gasteiger partial charge in [-0.3, -0.25) is 0 Å². The van der Waals surface area contributed by atoms with Gasteiger partial charge in [0.15, 0.2) is 0 Å². The minimum atomic E-state index is -1.06. The fraction of sp³-hybridized carbons (Fsp3) is 0.565. The van der Waals surface area contributed by atoms with Crippen LogP contribution < -0.4 is 0 Å². The topological polar surface area (TPSA) is 0 Å². The minimum absolute atomic E-state index is 0.500. The van der Waals surface area contributed by atoms with Gasteiger partial charge in [0.05, 0.1) is 0 Å². The van der Waals surface area contributed by atoms with Gasteiger partial charge < -0.3 is 0 Å². The molecule has 0 N–H and O–H groups in total. The molecule has 0 radical (unpaired) electrons. The zero-order valence-corrected chi connectivity index (χ0v) is 18.1. The van der Waals surface area contributed by atoms with Crippen molar-refractivity contribution >= 4 is 20.9 Å². The van der Waals surface area contributed by atoms with E-state index in [-0.39, 0.29) is 0 Å². The highest BCUT2D eigenvalue weighted by atomic mass is 32.2. The molecule has 24 heavy (non-hydrogen) atoms. The van der Waals surface area contributed by atoms with E-state index in [2.05, 4.69) is 90.7 Å². The molecular formula is C23H42S. The molecular weight excluding hydrogens is 308 g/mol. The summed E-state index contributed by atoms with van der Waals surface area (Å²) >= 11 is 0. The third-order valence-corrected chi connectivity index (χ3v) is 5.50. The summed E-state index contributed by atoms with van der Waals surface area (Å²) in [5, 5.41) is 0. The summed E-state index contributed by atoms with van der Waals surface area (Å²) in [7, 11) is -1.06. The Hall–Kier alpha value is -0.950. The largest absolute Gasteiger partial charge is 0.187 e. The van der Waals surface area contributed by atoms with Crippen molar-refractivity contribution in [3.05, 3.63) is 43.0 Å². The molecule has 0 bridgehead atoms. The van der Waals surface area contributed by atoms with E-state index in [0.717, 1.165) is 0 Å². The number of aryl methyl sites for hydroxylation is 1. The molecule has 0 nitrogen and oxygen atoms in total. The van der Waals surface area contributed by atoms with Crippen LogP contribution in [0, 0.1) is 12.3 Å². The normalized spacial score (nSPS) is 10.9. The zero-order valence-electron chi connectivity index (χ0n) is 17.3. The second-order valence-electron chi connectivity index (χ2n) is 7.98. The first-order valence-electron chi connectivity index (χ1n) is 9.10. The van der Waals surface area contributed by atoms with Gasteiger partial charge in [-0.15, -0.1) is 13.2 Å². The van der Waals surface area contributed by atoms with Gasteiger partial charge in [0, 0.05) is 0 Å². The summed E-state index contributed by atoms with van der Waals surface area (Å²) in [6, 6.07) is 8.75. The van der Waals surface area contributed by atoms with Crippen molar-refractivity contribution in [3.63, 3.8) is 0 Å². The van der Waals surface area contributed by atoms with Crippen LogP contribution in [0.25, 0.3) is 0 Å². The lowest BCUT2D eigenvalue weighted by Gasteiger charge is -2.15. The quantitative estimate of drug-likeness (QED) is 0.267. The number of hydrogen-bond donors (Lipinski definition) is 0. The Morgan fingerprint density at radius 1 is 0.833 bits per heavy atom. The second-order valence-corrected chi connectivity index (χ2v) is 10.9. The molecule has 140 valence electrons. The molecule has 0 saturated heterocycles. The molecule has 0 fully saturated rings. The molecule has 1 rings (SSSR count). The Morgan fingerprint density at radius 3 is 1.67 bits per heavy atom. The number of hydrogen-bond acceptors (Lipinski definition) is 0. The fourth-order valence-electron chi connectivity index (χ4n) is 1.93. The smallest absolute Gasteiger partial charge is 0.00390 e. The zero-order chi connectivity index (χ0) is 19.2. The maximum atomic E-state index is 4.36. The highest BCUT2D eigenvalue weighted by Crippen LogP contribution is 2.33. The molecule has 0 aliphatic carbocycles. The lowest BCUT2D eigenvalue weighted by atomic mass is 10.0. The molecule has 0 atom stereocenters. The van der Waals surface area contributed by atoms with Crippen LogP contribution in [-0.2, 0) is 0 Å². The Balaban J connectivity index is 0. The van der Waals surface area contributed by atoms with Crippen molar-refractivity contribution in [2.75, 3.05) is 5.75 Å². The van der Waals surface area contributed by atoms with Crippen molar-refractivity contribution in [1.29, 1.82) is 0 Å². The van der Waals surface area contributed by atoms with Gasteiger partial charge in [-0.25, -0.2) is 0 Å². The van der Waals surface area contributed by atoms with Gasteiger partial charge in [0.25, 0.3) is 0 Å². The van der Waals surface area contributed by atoms with Gasteiger partial charge in [-0.2, -0.15) is 9.21 Å². The van der Waals surface area contributed by atoms with Gasteiger partial charge in [0.2, 0.25) is 0 Å². The van der Waals surface area contributed by atoms with Gasteiger partial charge in [-0.1, -0.05) is 89.7 Å². The maximum Gasteiger partial charge on any atom is -0.00390 e. The van der Waals surface area contributed by atoms with Crippen LogP contribution in [0.4, 0.5) is 0 Å². The molecule has 1 aromatic carbocycles. The second kappa shape index (κ2) is 13.4. The molecule has 1 aromatic rings. The van der Waals surface area contributed by atoms with Crippen molar-refractivity contribution in [3.8, 4) is 0 Å². The van der Waals surface area contributed by atoms with E-state index in [1.165, 1.54) is 48.3 Å². The Morgan fingerprint density at radius 2 is 1.25 bits per heavy atom. The summed E-state index contributed by atoms with van der Waals surface area (Å²) < 4.78 is 0. The summed E-state index contributed by atoms with van der Waals surface area (Å²) in [4.78, 5) is 1.35. The fourth-order valence-corrected chi connectivity index (χ4v) is 3.63. The molecule has 0 unspecified atom stereocenters. The van der Waals surface area contributed by atoms with Crippen molar-refractivity contribution in [2.45, 2.75) is 78.5 Å². The predicted molar refractivity (Wildman–Crippen MR) is 121 cm³/mol. The molecule has 0 aromatic heterocycles. The van der Waals surface area contributed by atoms with E-state index in [1.807, 2.05) is 0 Å². The van der Waals surface area contributed by atoms with E-state index in [1.54, 1.807) is 0 Å². The maximum absolute atomic E-state index is 4.36. The van der Waals surface area contributed by atoms with E-state index < -0.39 is 9.21 Å². The van der Waals surface area contributed by atoms with Crippen LogP contribution in [0.3, 0.4) is 0 Å². The molecule has 0 amide bonds. The van der Waals surface area contributed by atoms with Gasteiger partial charge >= 0.3 is 0 Å². The standard InChI is InChI=1S/C16H26S.C5H12.C2H4/c1-5-6-7-8-9-14-17(3,4)16-12-10-15(2)11-13-16;1-5(2,3)4;1-2/h10-13H,3-9,14H2,1-2H3;1-4H3;1-2H2. The van der Waals surface area contributed by atoms with E-state index in [0.29, 0.717) is 5.41 Å². The van der Waals surface area contributed by atoms with E-state index in [9.17, 15) is 0 Å². The third kappa shape index (κ3) is 15.9. The average Bonchev–Trinajstić information content (AvgIpc) is 2.48. The first kappa shape index (κ1) is 25.3. The van der Waals surface area contributed by atoms with Crippen LogP contribution >= 0.6 is 9.21 Å². The van der Waals surface area contributed by atoms with E-state index >= 15 is 0 Å². The van der Waals surface area contributed by atoms with Crippen LogP contribution in [0.1, 0.15) is 72.3 Å². The van der Waals surface area contributed by atoms with Gasteiger partial charge in [-0.05, 0) is 41.5 Å². The van der Waals surface area contributed by atoms with Crippen molar-refractivity contribution in [1.82, 2.24) is 0 Å². The minimum Gasteiger partial charge on any atom is -0.187 e. The lowest BCUT2D eigenvalue weighted by molar-refractivity contribution is 0.469. The monoisotopic (exact) mass is 350 g/mol. The summed E-state index contributed by atoms with van der Waals surface area (Å²) in [5.74, 6) is 9.89. The first-order valence-corrected chi connectivity index (χ1v) is 11.2. The van der Waals surface area contributed by atoms with Gasteiger partial charge in [0.1, 0.15) is 0 Å². The van der Waals surface area contributed by atoms with Crippen LogP contribution in [0.15, 0.2) is 42.3 Å². The van der Waals surface area contributed by atoms with E-state index in [4.69, 9.17) is 0 Å². The number of unbranched alkanes of at least 4 members (excludes halogenated alkanes) is 4. The Bertz CT molecular complexity index is 492. The molecule has 0 aliphatic heterocycles. The van der Waals surface area contributed by atoms with Crippen LogP contribution in [0.5, 0.6) is 0 Å². The molecule has 0 aliphatic rings. The van der Waals surface area contributed by atoms with Crippen molar-refractivity contribution in [2.24, 2.45) is 5.41 Å². The molecule has 1 heteroatoms. The molecule has 0 spiro atoms. The lowest BCUT2D eigenvalue weighted by Crippen LogP contribution is -1.93. The van der Waals surface area contributed by atoms with Crippen LogP contribution in [0.2, 0.25) is 0 Å². The molecule has 0 heterocycles. The summed E-state index contributed by atoms with van der Waals surface area (Å²) in [6.07, 6.45) is 6.64. The third-order valence-electron chi connectivity index (χ3n) is 3.16. The van der Waals surface area contributed by atoms with Crippen LogP contribution in [-0.4, -0.2) is 17.5 Å². The SMILES string of the molecule is C=C.C=S(=C)(CCCCCCC)c1ccc(C)cc1.CC(C)(C)C. The highest BCUT2D eigenvalue weighted by molar-refractivity contribution is 8.27. The number of benzene rings is 1.